The van der Waals surface area contributed by atoms with E-state index >= 15 is 0 Å². The number of carbonyl (C=O) groups is 1. The van der Waals surface area contributed by atoms with Crippen LogP contribution >= 0.6 is 11.8 Å². The highest BCUT2D eigenvalue weighted by Crippen LogP contribution is 2.32. The third-order valence-electron chi connectivity index (χ3n) is 5.65. The van der Waals surface area contributed by atoms with Crippen molar-refractivity contribution in [2.45, 2.75) is 75.3 Å². The number of piperidine rings is 1. The summed E-state index contributed by atoms with van der Waals surface area (Å²) in [4.78, 5) is 19.1. The van der Waals surface area contributed by atoms with Crippen LogP contribution in [-0.4, -0.2) is 45.5 Å². The summed E-state index contributed by atoms with van der Waals surface area (Å²) in [6, 6.07) is 5.22. The molecule has 1 amide bonds. The number of carbonyl (C=O) groups excluding carboxylic acids is 1. The Balaban J connectivity index is 1.86. The van der Waals surface area contributed by atoms with Crippen LogP contribution < -0.4 is 10.2 Å². The van der Waals surface area contributed by atoms with Crippen molar-refractivity contribution in [2.75, 3.05) is 18.0 Å². The number of alkyl carbamates (subject to hydrolysis) is 1. The highest BCUT2D eigenvalue weighted by Gasteiger charge is 2.34. The van der Waals surface area contributed by atoms with Gasteiger partial charge in [0.05, 0.1) is 17.4 Å². The van der Waals surface area contributed by atoms with Crippen molar-refractivity contribution in [3.8, 4) is 0 Å². The largest absolute Gasteiger partial charge is 0.444 e. The van der Waals surface area contributed by atoms with Gasteiger partial charge in [-0.25, -0.2) is 13.6 Å². The number of thioether (sulfide) groups is 1. The minimum atomic E-state index is -2.64. The summed E-state index contributed by atoms with van der Waals surface area (Å²) in [5.41, 5.74) is 2.63. The van der Waals surface area contributed by atoms with Crippen LogP contribution in [0.2, 0.25) is 0 Å². The van der Waals surface area contributed by atoms with E-state index in [1.165, 1.54) is 0 Å². The topological polar surface area (TPSA) is 72.3 Å². The number of hydrogen-bond acceptors (Lipinski definition) is 6. The second kappa shape index (κ2) is 11.0. The zero-order valence-corrected chi connectivity index (χ0v) is 21.9. The Kier molecular flexibility index (Phi) is 8.46. The van der Waals surface area contributed by atoms with Crippen LogP contribution in [0.25, 0.3) is 0 Å². The van der Waals surface area contributed by atoms with E-state index in [9.17, 15) is 13.6 Å². The van der Waals surface area contributed by atoms with Crippen molar-refractivity contribution >= 4 is 23.5 Å². The number of amides is 1. The Hall–Kier alpha value is -2.62. The number of anilines is 1. The van der Waals surface area contributed by atoms with Crippen molar-refractivity contribution in [3.05, 3.63) is 47.9 Å². The molecule has 0 spiro atoms. The first-order valence-corrected chi connectivity index (χ1v) is 12.8. The average molecular weight is 508 g/mol. The Morgan fingerprint density at radius 3 is 2.57 bits per heavy atom. The minimum Gasteiger partial charge on any atom is -0.444 e. The van der Waals surface area contributed by atoms with Crippen LogP contribution in [0, 0.1) is 0 Å². The molecule has 0 bridgehead atoms. The highest BCUT2D eigenvalue weighted by molar-refractivity contribution is 7.98. The summed E-state index contributed by atoms with van der Waals surface area (Å²) < 4.78 is 34.8. The Morgan fingerprint density at radius 2 is 2.00 bits per heavy atom. The van der Waals surface area contributed by atoms with E-state index in [1.807, 2.05) is 28.8 Å². The molecular weight excluding hydrogens is 472 g/mol. The lowest BCUT2D eigenvalue weighted by molar-refractivity contribution is -0.0220. The molecule has 1 atom stereocenters. The van der Waals surface area contributed by atoms with Crippen LogP contribution in [0.1, 0.15) is 63.7 Å². The lowest BCUT2D eigenvalue weighted by Gasteiger charge is -2.34. The molecule has 0 radical (unpaired) electrons. The van der Waals surface area contributed by atoms with Crippen LogP contribution in [0.3, 0.4) is 0 Å². The van der Waals surface area contributed by atoms with Crippen LogP contribution in [0.15, 0.2) is 35.9 Å². The third-order valence-corrected chi connectivity index (χ3v) is 6.59. The Morgan fingerprint density at radius 1 is 1.31 bits per heavy atom. The van der Waals surface area contributed by atoms with Crippen molar-refractivity contribution in [1.29, 1.82) is 0 Å². The molecule has 1 N–H and O–H groups in total. The summed E-state index contributed by atoms with van der Waals surface area (Å²) in [7, 11) is 1.92. The normalized spacial score (nSPS) is 16.6. The highest BCUT2D eigenvalue weighted by atomic mass is 32.2. The van der Waals surface area contributed by atoms with Gasteiger partial charge in [-0.15, -0.1) is 6.58 Å². The molecule has 10 heteroatoms. The number of rotatable bonds is 8. The second-order valence-corrected chi connectivity index (χ2v) is 10.7. The quantitative estimate of drug-likeness (QED) is 0.367. The minimum absolute atomic E-state index is 0.191. The third kappa shape index (κ3) is 7.68. The maximum atomic E-state index is 13.8. The molecule has 2 aromatic heterocycles. The SMILES string of the molecule is C=CC(NC(=O)OC(C)(C)C)c1cc(N2CCC(F)(F)CC2)cc(CSc2cc(CC)n(C)n2)n1. The number of pyridine rings is 1. The van der Waals surface area contributed by atoms with Crippen molar-refractivity contribution in [3.63, 3.8) is 0 Å². The average Bonchev–Trinajstić information content (AvgIpc) is 3.14. The summed E-state index contributed by atoms with van der Waals surface area (Å²) in [6.07, 6.45) is 1.51. The summed E-state index contributed by atoms with van der Waals surface area (Å²) >= 11 is 1.56. The summed E-state index contributed by atoms with van der Waals surface area (Å²) in [5, 5.41) is 8.23. The smallest absolute Gasteiger partial charge is 0.408 e. The molecule has 0 aromatic carbocycles. The molecule has 1 aliphatic heterocycles. The Labute approximate surface area is 210 Å². The van der Waals surface area contributed by atoms with Crippen LogP contribution in [0.4, 0.5) is 19.3 Å². The van der Waals surface area contributed by atoms with E-state index in [4.69, 9.17) is 9.72 Å². The fraction of sp³-hybridized carbons (Fsp3) is 0.560. The predicted molar refractivity (Wildman–Crippen MR) is 135 cm³/mol. The number of halogens is 2. The second-order valence-electron chi connectivity index (χ2n) is 9.68. The van der Waals surface area contributed by atoms with E-state index in [0.29, 0.717) is 11.4 Å². The number of aromatic nitrogens is 3. The molecule has 2 aromatic rings. The maximum absolute atomic E-state index is 13.8. The number of alkyl halides is 2. The van der Waals surface area contributed by atoms with Gasteiger partial charge >= 0.3 is 6.09 Å². The van der Waals surface area contributed by atoms with E-state index in [1.54, 1.807) is 38.6 Å². The van der Waals surface area contributed by atoms with Gasteiger partial charge in [0.25, 0.3) is 5.92 Å². The molecule has 35 heavy (non-hydrogen) atoms. The molecule has 0 saturated carbocycles. The number of aryl methyl sites for hydroxylation is 2. The first-order valence-electron chi connectivity index (χ1n) is 11.8. The zero-order valence-electron chi connectivity index (χ0n) is 21.1. The molecule has 7 nitrogen and oxygen atoms in total. The first kappa shape index (κ1) is 27.0. The van der Waals surface area contributed by atoms with E-state index in [-0.39, 0.29) is 25.9 Å². The Bertz CT molecular complexity index is 1040. The van der Waals surface area contributed by atoms with Gasteiger partial charge in [0.1, 0.15) is 10.6 Å². The zero-order chi connectivity index (χ0) is 25.8. The van der Waals surface area contributed by atoms with E-state index < -0.39 is 23.7 Å². The van der Waals surface area contributed by atoms with Crippen molar-refractivity contribution in [2.24, 2.45) is 7.05 Å². The number of nitrogens with zero attached hydrogens (tertiary/aromatic N) is 4. The number of hydrogen-bond donors (Lipinski definition) is 1. The monoisotopic (exact) mass is 507 g/mol. The molecule has 192 valence electrons. The molecule has 1 unspecified atom stereocenters. The van der Waals surface area contributed by atoms with E-state index in [0.717, 1.165) is 28.5 Å². The van der Waals surface area contributed by atoms with Gasteiger partial charge in [-0.3, -0.25) is 9.67 Å². The molecule has 1 fully saturated rings. The standard InChI is InChI=1S/C25H35F2N5O2S/c1-7-18-15-22(30-31(18)6)35-16-17-13-19(32-11-9-25(26,27)10-12-32)14-21(28-17)20(8-2)29-23(33)34-24(3,4)5/h8,13-15,20H,2,7,9-12,16H2,1,3-6H3,(H,29,33). The van der Waals surface area contributed by atoms with Crippen molar-refractivity contribution < 1.29 is 18.3 Å². The van der Waals surface area contributed by atoms with Crippen LogP contribution in [0.5, 0.6) is 0 Å². The predicted octanol–water partition coefficient (Wildman–Crippen LogP) is 5.66. The van der Waals surface area contributed by atoms with Gasteiger partial charge in [-0.2, -0.15) is 5.10 Å². The van der Waals surface area contributed by atoms with Gasteiger partial charge in [-0.05, 0) is 45.4 Å². The molecule has 1 saturated heterocycles. The van der Waals surface area contributed by atoms with Gasteiger partial charge < -0.3 is 15.0 Å². The first-order chi connectivity index (χ1) is 16.4. The fourth-order valence-corrected chi connectivity index (χ4v) is 4.66. The molecule has 3 rings (SSSR count). The van der Waals surface area contributed by atoms with Gasteiger partial charge in [0.15, 0.2) is 0 Å². The van der Waals surface area contributed by atoms with Gasteiger partial charge in [0, 0.05) is 50.1 Å². The number of nitrogens with one attached hydrogen (secondary N) is 1. The number of ether oxygens (including phenoxy) is 1. The lowest BCUT2D eigenvalue weighted by Crippen LogP contribution is -2.39. The van der Waals surface area contributed by atoms with Gasteiger partial charge in [-0.1, -0.05) is 24.8 Å². The maximum Gasteiger partial charge on any atom is 0.408 e. The van der Waals surface area contributed by atoms with Gasteiger partial charge in [0.2, 0.25) is 0 Å². The van der Waals surface area contributed by atoms with E-state index in [2.05, 4.69) is 30.0 Å². The summed E-state index contributed by atoms with van der Waals surface area (Å²) in [5.74, 6) is -2.09. The lowest BCUT2D eigenvalue weighted by atomic mass is 10.1. The molecular formula is C25H35F2N5O2S. The molecule has 1 aliphatic rings. The molecule has 0 aliphatic carbocycles. The fourth-order valence-electron chi connectivity index (χ4n) is 3.82. The summed E-state index contributed by atoms with van der Waals surface area (Å²) in [6.45, 7) is 11.8. The molecule has 3 heterocycles. The van der Waals surface area contributed by atoms with Crippen LogP contribution in [-0.2, 0) is 24.0 Å². The van der Waals surface area contributed by atoms with Crippen molar-refractivity contribution in [1.82, 2.24) is 20.1 Å².